The Hall–Kier alpha value is -0.900. The molecule has 1 saturated heterocycles. The number of carbonyl (C=O) groups is 2. The Morgan fingerprint density at radius 1 is 1.05 bits per heavy atom. The van der Waals surface area contributed by atoms with Gasteiger partial charge in [-0.05, 0) is 56.4 Å². The standard InChI is InChI=1S/C17H26N2O2/c20-16-9-15(17(21)19(16)14-3-1-2-4-14)18-10-13-8-11-5-6-12(13)7-11/h11-15,18H,1-10H2. The lowest BCUT2D eigenvalue weighted by Gasteiger charge is -2.24. The molecule has 0 radical (unpaired) electrons. The molecule has 1 aliphatic heterocycles. The van der Waals surface area contributed by atoms with Crippen LogP contribution in [0.15, 0.2) is 0 Å². The lowest BCUT2D eigenvalue weighted by molar-refractivity contribution is -0.141. The molecule has 4 aliphatic rings. The Labute approximate surface area is 126 Å². The summed E-state index contributed by atoms with van der Waals surface area (Å²) in [5.41, 5.74) is 0. The van der Waals surface area contributed by atoms with Gasteiger partial charge in [-0.2, -0.15) is 0 Å². The summed E-state index contributed by atoms with van der Waals surface area (Å²) in [5, 5.41) is 3.43. The summed E-state index contributed by atoms with van der Waals surface area (Å²) in [6, 6.07) is -0.0449. The first-order valence-electron chi connectivity index (χ1n) is 8.81. The molecule has 2 bridgehead atoms. The van der Waals surface area contributed by atoms with E-state index in [1.54, 1.807) is 4.90 Å². The molecule has 21 heavy (non-hydrogen) atoms. The Bertz CT molecular complexity index is 444. The van der Waals surface area contributed by atoms with Crippen LogP contribution in [0.25, 0.3) is 0 Å². The number of hydrogen-bond acceptors (Lipinski definition) is 3. The van der Waals surface area contributed by atoms with Crippen molar-refractivity contribution in [2.24, 2.45) is 17.8 Å². The first-order chi connectivity index (χ1) is 10.2. The predicted octanol–water partition coefficient (Wildman–Crippen LogP) is 2.08. The molecule has 4 fully saturated rings. The molecule has 116 valence electrons. The van der Waals surface area contributed by atoms with E-state index >= 15 is 0 Å². The van der Waals surface area contributed by atoms with Gasteiger partial charge in [-0.15, -0.1) is 0 Å². The average Bonchev–Trinajstić information content (AvgIpc) is 3.21. The van der Waals surface area contributed by atoms with Gasteiger partial charge in [-0.3, -0.25) is 14.5 Å². The van der Waals surface area contributed by atoms with Gasteiger partial charge in [0.15, 0.2) is 0 Å². The minimum Gasteiger partial charge on any atom is -0.305 e. The van der Waals surface area contributed by atoms with Gasteiger partial charge >= 0.3 is 0 Å². The number of carbonyl (C=O) groups excluding carboxylic acids is 2. The summed E-state index contributed by atoms with van der Waals surface area (Å²) in [7, 11) is 0. The Kier molecular flexibility index (Phi) is 3.52. The maximum absolute atomic E-state index is 12.5. The largest absolute Gasteiger partial charge is 0.305 e. The first kappa shape index (κ1) is 13.7. The fraction of sp³-hybridized carbons (Fsp3) is 0.882. The highest BCUT2D eigenvalue weighted by molar-refractivity contribution is 6.05. The van der Waals surface area contributed by atoms with E-state index in [9.17, 15) is 9.59 Å². The lowest BCUT2D eigenvalue weighted by Crippen LogP contribution is -2.44. The summed E-state index contributed by atoms with van der Waals surface area (Å²) in [5.74, 6) is 2.66. The van der Waals surface area contributed by atoms with Gasteiger partial charge in [0.1, 0.15) is 0 Å². The fourth-order valence-corrected chi connectivity index (χ4v) is 5.28. The van der Waals surface area contributed by atoms with Crippen molar-refractivity contribution in [3.63, 3.8) is 0 Å². The Morgan fingerprint density at radius 2 is 1.86 bits per heavy atom. The summed E-state index contributed by atoms with van der Waals surface area (Å²) < 4.78 is 0. The normalized spacial score (nSPS) is 39.9. The van der Waals surface area contributed by atoms with E-state index in [1.807, 2.05) is 0 Å². The van der Waals surface area contributed by atoms with Gasteiger partial charge in [-0.25, -0.2) is 0 Å². The van der Waals surface area contributed by atoms with Crippen LogP contribution in [0.2, 0.25) is 0 Å². The molecule has 3 aliphatic carbocycles. The van der Waals surface area contributed by atoms with Crippen molar-refractivity contribution in [3.8, 4) is 0 Å². The molecule has 0 aromatic heterocycles. The van der Waals surface area contributed by atoms with Crippen LogP contribution in [0.5, 0.6) is 0 Å². The van der Waals surface area contributed by atoms with Crippen LogP contribution in [-0.2, 0) is 9.59 Å². The molecule has 4 nitrogen and oxygen atoms in total. The summed E-state index contributed by atoms with van der Waals surface area (Å²) in [6.45, 7) is 0.934. The SMILES string of the molecule is O=C1CC(NCC2CC3CCC2C3)C(=O)N1C1CCCC1. The van der Waals surface area contributed by atoms with E-state index in [-0.39, 0.29) is 23.9 Å². The van der Waals surface area contributed by atoms with Gasteiger partial charge in [0.25, 0.3) is 0 Å². The number of nitrogens with one attached hydrogen (secondary N) is 1. The third kappa shape index (κ3) is 2.41. The van der Waals surface area contributed by atoms with Crippen LogP contribution in [0.1, 0.15) is 57.8 Å². The Balaban J connectivity index is 1.33. The molecule has 3 saturated carbocycles. The number of hydrogen-bond donors (Lipinski definition) is 1. The van der Waals surface area contributed by atoms with E-state index in [1.165, 1.54) is 25.7 Å². The number of fused-ring (bicyclic) bond motifs is 2. The Morgan fingerprint density at radius 3 is 2.52 bits per heavy atom. The van der Waals surface area contributed by atoms with Gasteiger partial charge in [0, 0.05) is 6.04 Å². The first-order valence-corrected chi connectivity index (χ1v) is 8.81. The van der Waals surface area contributed by atoms with Crippen LogP contribution in [0.3, 0.4) is 0 Å². The molecule has 1 heterocycles. The summed E-state index contributed by atoms with van der Waals surface area (Å²) >= 11 is 0. The van der Waals surface area contributed by atoms with Gasteiger partial charge in [0.05, 0.1) is 12.5 Å². The topological polar surface area (TPSA) is 49.4 Å². The number of imide groups is 1. The molecule has 1 N–H and O–H groups in total. The zero-order chi connectivity index (χ0) is 14.4. The molecule has 4 unspecified atom stereocenters. The van der Waals surface area contributed by atoms with E-state index < -0.39 is 0 Å². The highest BCUT2D eigenvalue weighted by atomic mass is 16.2. The fourth-order valence-electron chi connectivity index (χ4n) is 5.28. The summed E-state index contributed by atoms with van der Waals surface area (Å²) in [4.78, 5) is 26.3. The molecular weight excluding hydrogens is 264 g/mol. The van der Waals surface area contributed by atoms with E-state index in [2.05, 4.69) is 5.32 Å². The number of amides is 2. The van der Waals surface area contributed by atoms with Crippen molar-refractivity contribution in [2.45, 2.75) is 69.9 Å². The molecule has 0 spiro atoms. The van der Waals surface area contributed by atoms with Crippen molar-refractivity contribution in [1.29, 1.82) is 0 Å². The molecule has 4 rings (SSSR count). The molecular formula is C17H26N2O2. The second-order valence-electron chi connectivity index (χ2n) is 7.64. The zero-order valence-electron chi connectivity index (χ0n) is 12.7. The van der Waals surface area contributed by atoms with Gasteiger partial charge in [0.2, 0.25) is 11.8 Å². The lowest BCUT2D eigenvalue weighted by atomic mass is 9.88. The number of likely N-dealkylation sites (tertiary alicyclic amines) is 1. The molecule has 2 amide bonds. The monoisotopic (exact) mass is 290 g/mol. The van der Waals surface area contributed by atoms with Crippen LogP contribution in [0, 0.1) is 17.8 Å². The molecule has 0 aromatic rings. The molecule has 4 heteroatoms. The number of rotatable bonds is 4. The van der Waals surface area contributed by atoms with Crippen LogP contribution >= 0.6 is 0 Å². The van der Waals surface area contributed by atoms with Crippen molar-refractivity contribution < 1.29 is 9.59 Å². The predicted molar refractivity (Wildman–Crippen MR) is 79.5 cm³/mol. The smallest absolute Gasteiger partial charge is 0.247 e. The highest BCUT2D eigenvalue weighted by Gasteiger charge is 2.44. The number of nitrogens with zero attached hydrogens (tertiary/aromatic N) is 1. The van der Waals surface area contributed by atoms with Gasteiger partial charge in [-0.1, -0.05) is 19.3 Å². The van der Waals surface area contributed by atoms with Crippen molar-refractivity contribution in [2.75, 3.05) is 6.54 Å². The second-order valence-corrected chi connectivity index (χ2v) is 7.64. The third-order valence-electron chi connectivity index (χ3n) is 6.38. The summed E-state index contributed by atoms with van der Waals surface area (Å²) in [6.07, 6.45) is 10.2. The second kappa shape index (κ2) is 5.38. The maximum Gasteiger partial charge on any atom is 0.247 e. The third-order valence-corrected chi connectivity index (χ3v) is 6.38. The van der Waals surface area contributed by atoms with E-state index in [0.717, 1.165) is 50.0 Å². The van der Waals surface area contributed by atoms with E-state index in [0.29, 0.717) is 6.42 Å². The minimum atomic E-state index is -0.239. The highest BCUT2D eigenvalue weighted by Crippen LogP contribution is 2.48. The molecule has 4 atom stereocenters. The van der Waals surface area contributed by atoms with Crippen molar-refractivity contribution in [3.05, 3.63) is 0 Å². The average molecular weight is 290 g/mol. The van der Waals surface area contributed by atoms with Gasteiger partial charge < -0.3 is 5.32 Å². The van der Waals surface area contributed by atoms with Crippen molar-refractivity contribution in [1.82, 2.24) is 10.2 Å². The quantitative estimate of drug-likeness (QED) is 0.807. The molecule has 0 aromatic carbocycles. The minimum absolute atomic E-state index is 0.0510. The van der Waals surface area contributed by atoms with Crippen LogP contribution in [0.4, 0.5) is 0 Å². The van der Waals surface area contributed by atoms with Crippen molar-refractivity contribution >= 4 is 11.8 Å². The maximum atomic E-state index is 12.5. The zero-order valence-corrected chi connectivity index (χ0v) is 12.7. The van der Waals surface area contributed by atoms with Crippen LogP contribution in [-0.4, -0.2) is 35.3 Å². The van der Waals surface area contributed by atoms with Crippen LogP contribution < -0.4 is 5.32 Å². The van der Waals surface area contributed by atoms with E-state index in [4.69, 9.17) is 0 Å².